The second-order valence-electron chi connectivity index (χ2n) is 6.78. The van der Waals surface area contributed by atoms with Crippen LogP contribution in [0.2, 0.25) is 0 Å². The Bertz CT molecular complexity index is 750. The fraction of sp³-hybridized carbons (Fsp3) is 0.381. The number of ether oxygens (including phenoxy) is 1. The standard InChI is InChI=1S/C21H27FN2O3/c1-14(3-4-16-7-10-20(27-2)19(25)12-16)24-13-17(21(23)26)11-15-5-8-18(22)9-6-15/h5-10,12,14,17,24-25H,3-4,11,13H2,1-2H3,(H2,23,26)/t14-,17-/m0/s1. The number of carbonyl (C=O) groups excluding carboxylic acids is 1. The summed E-state index contributed by atoms with van der Waals surface area (Å²) in [7, 11) is 1.52. The lowest BCUT2D eigenvalue weighted by Gasteiger charge is -2.19. The van der Waals surface area contributed by atoms with Gasteiger partial charge < -0.3 is 20.9 Å². The fourth-order valence-electron chi connectivity index (χ4n) is 2.90. The van der Waals surface area contributed by atoms with Crippen LogP contribution in [0.4, 0.5) is 4.39 Å². The van der Waals surface area contributed by atoms with E-state index in [4.69, 9.17) is 10.5 Å². The Balaban J connectivity index is 1.82. The lowest BCUT2D eigenvalue weighted by atomic mass is 9.98. The molecule has 5 nitrogen and oxygen atoms in total. The summed E-state index contributed by atoms with van der Waals surface area (Å²) in [5, 5.41) is 13.2. The van der Waals surface area contributed by atoms with Crippen LogP contribution < -0.4 is 15.8 Å². The predicted octanol–water partition coefficient (Wildman–Crippen LogP) is 2.79. The van der Waals surface area contributed by atoms with Gasteiger partial charge in [-0.05, 0) is 61.6 Å². The Kier molecular flexibility index (Phi) is 7.61. The first-order chi connectivity index (χ1) is 12.9. The zero-order valence-electron chi connectivity index (χ0n) is 15.7. The van der Waals surface area contributed by atoms with Crippen molar-refractivity contribution < 1.29 is 19.0 Å². The molecule has 0 bridgehead atoms. The van der Waals surface area contributed by atoms with Gasteiger partial charge in [-0.15, -0.1) is 0 Å². The van der Waals surface area contributed by atoms with Crippen molar-refractivity contribution in [3.05, 3.63) is 59.4 Å². The molecule has 146 valence electrons. The Morgan fingerprint density at radius 3 is 2.48 bits per heavy atom. The van der Waals surface area contributed by atoms with Crippen molar-refractivity contribution in [1.82, 2.24) is 5.32 Å². The van der Waals surface area contributed by atoms with Crippen LogP contribution in [-0.2, 0) is 17.6 Å². The number of benzene rings is 2. The third kappa shape index (κ3) is 6.57. The van der Waals surface area contributed by atoms with Gasteiger partial charge in [-0.3, -0.25) is 4.79 Å². The van der Waals surface area contributed by atoms with Gasteiger partial charge in [0.25, 0.3) is 0 Å². The molecule has 2 aromatic carbocycles. The number of rotatable bonds is 10. The van der Waals surface area contributed by atoms with Gasteiger partial charge in [0.2, 0.25) is 5.91 Å². The lowest BCUT2D eigenvalue weighted by Crippen LogP contribution is -2.38. The van der Waals surface area contributed by atoms with Gasteiger partial charge in [0.1, 0.15) is 5.82 Å². The van der Waals surface area contributed by atoms with Crippen molar-refractivity contribution in [3.8, 4) is 11.5 Å². The van der Waals surface area contributed by atoms with E-state index in [1.165, 1.54) is 19.2 Å². The molecule has 0 unspecified atom stereocenters. The number of nitrogens with two attached hydrogens (primary N) is 1. The van der Waals surface area contributed by atoms with E-state index in [0.29, 0.717) is 18.7 Å². The van der Waals surface area contributed by atoms with E-state index in [1.807, 2.05) is 13.0 Å². The number of nitrogens with one attached hydrogen (secondary N) is 1. The van der Waals surface area contributed by atoms with Crippen LogP contribution in [0.5, 0.6) is 11.5 Å². The largest absolute Gasteiger partial charge is 0.504 e. The van der Waals surface area contributed by atoms with Crippen molar-refractivity contribution in [2.45, 2.75) is 32.2 Å². The van der Waals surface area contributed by atoms with Crippen LogP contribution in [0, 0.1) is 11.7 Å². The third-order valence-corrected chi connectivity index (χ3v) is 4.62. The smallest absolute Gasteiger partial charge is 0.222 e. The Hall–Kier alpha value is -2.60. The summed E-state index contributed by atoms with van der Waals surface area (Å²) in [6.45, 7) is 2.50. The number of aromatic hydroxyl groups is 1. The number of aryl methyl sites for hydroxylation is 1. The quantitative estimate of drug-likeness (QED) is 0.597. The molecule has 0 aliphatic carbocycles. The number of methoxy groups -OCH3 is 1. The molecule has 0 aromatic heterocycles. The minimum absolute atomic E-state index is 0.128. The van der Waals surface area contributed by atoms with Crippen LogP contribution >= 0.6 is 0 Å². The monoisotopic (exact) mass is 374 g/mol. The van der Waals surface area contributed by atoms with E-state index in [1.54, 1.807) is 24.3 Å². The highest BCUT2D eigenvalue weighted by molar-refractivity contribution is 5.77. The summed E-state index contributed by atoms with van der Waals surface area (Å²) in [6.07, 6.45) is 2.10. The van der Waals surface area contributed by atoms with Gasteiger partial charge in [-0.1, -0.05) is 18.2 Å². The summed E-state index contributed by atoms with van der Waals surface area (Å²) in [4.78, 5) is 11.7. The van der Waals surface area contributed by atoms with Crippen molar-refractivity contribution in [2.24, 2.45) is 11.7 Å². The molecule has 2 aromatic rings. The lowest BCUT2D eigenvalue weighted by molar-refractivity contribution is -0.121. The average molecular weight is 374 g/mol. The first-order valence-corrected chi connectivity index (χ1v) is 9.02. The number of primary amides is 1. The summed E-state index contributed by atoms with van der Waals surface area (Å²) in [6, 6.07) is 11.6. The Morgan fingerprint density at radius 2 is 1.89 bits per heavy atom. The number of amides is 1. The molecule has 4 N–H and O–H groups in total. The van der Waals surface area contributed by atoms with Crippen LogP contribution in [0.1, 0.15) is 24.5 Å². The molecule has 0 saturated carbocycles. The maximum absolute atomic E-state index is 13.0. The van der Waals surface area contributed by atoms with Crippen molar-refractivity contribution in [3.63, 3.8) is 0 Å². The molecule has 0 radical (unpaired) electrons. The van der Waals surface area contributed by atoms with Gasteiger partial charge in [0.05, 0.1) is 13.0 Å². The molecule has 27 heavy (non-hydrogen) atoms. The van der Waals surface area contributed by atoms with E-state index < -0.39 is 0 Å². The minimum atomic E-state index is -0.376. The molecular weight excluding hydrogens is 347 g/mol. The zero-order chi connectivity index (χ0) is 19.8. The molecule has 0 aliphatic rings. The maximum Gasteiger partial charge on any atom is 0.222 e. The van der Waals surface area contributed by atoms with E-state index in [9.17, 15) is 14.3 Å². The van der Waals surface area contributed by atoms with Crippen molar-refractivity contribution in [2.75, 3.05) is 13.7 Å². The number of phenolic OH excluding ortho intramolecular Hbond substituents is 1. The summed E-state index contributed by atoms with van der Waals surface area (Å²) >= 11 is 0. The number of hydrogen-bond donors (Lipinski definition) is 3. The van der Waals surface area contributed by atoms with E-state index in [2.05, 4.69) is 5.32 Å². The van der Waals surface area contributed by atoms with Gasteiger partial charge in [-0.2, -0.15) is 0 Å². The molecule has 1 amide bonds. The van der Waals surface area contributed by atoms with Crippen molar-refractivity contribution in [1.29, 1.82) is 0 Å². The number of phenols is 1. The molecule has 0 saturated heterocycles. The molecular formula is C21H27FN2O3. The molecule has 2 rings (SSSR count). The highest BCUT2D eigenvalue weighted by Crippen LogP contribution is 2.26. The molecule has 2 atom stereocenters. The van der Waals surface area contributed by atoms with Crippen LogP contribution in [0.15, 0.2) is 42.5 Å². The third-order valence-electron chi connectivity index (χ3n) is 4.62. The average Bonchev–Trinajstić information content (AvgIpc) is 2.64. The molecule has 0 aliphatic heterocycles. The highest BCUT2D eigenvalue weighted by atomic mass is 19.1. The fourth-order valence-corrected chi connectivity index (χ4v) is 2.90. The summed E-state index contributed by atoms with van der Waals surface area (Å²) in [5.41, 5.74) is 7.41. The van der Waals surface area contributed by atoms with Crippen LogP contribution in [0.3, 0.4) is 0 Å². The highest BCUT2D eigenvalue weighted by Gasteiger charge is 2.17. The van der Waals surface area contributed by atoms with E-state index in [-0.39, 0.29) is 29.4 Å². The molecule has 0 spiro atoms. The normalized spacial score (nSPS) is 13.1. The SMILES string of the molecule is COc1ccc(CC[C@H](C)NC[C@H](Cc2ccc(F)cc2)C(N)=O)cc1O. The number of carbonyl (C=O) groups is 1. The van der Waals surface area contributed by atoms with E-state index >= 15 is 0 Å². The van der Waals surface area contributed by atoms with E-state index in [0.717, 1.165) is 24.0 Å². The second-order valence-corrected chi connectivity index (χ2v) is 6.78. The molecule has 0 heterocycles. The summed E-state index contributed by atoms with van der Waals surface area (Å²) < 4.78 is 18.0. The number of hydrogen-bond acceptors (Lipinski definition) is 4. The first-order valence-electron chi connectivity index (χ1n) is 9.02. The predicted molar refractivity (Wildman–Crippen MR) is 103 cm³/mol. The van der Waals surface area contributed by atoms with Crippen molar-refractivity contribution >= 4 is 5.91 Å². The van der Waals surface area contributed by atoms with Crippen LogP contribution in [0.25, 0.3) is 0 Å². The Morgan fingerprint density at radius 1 is 1.22 bits per heavy atom. The Labute approximate surface area is 159 Å². The van der Waals surface area contributed by atoms with Gasteiger partial charge in [-0.25, -0.2) is 4.39 Å². The number of halogens is 1. The minimum Gasteiger partial charge on any atom is -0.504 e. The molecule has 6 heteroatoms. The first kappa shape index (κ1) is 20.7. The zero-order valence-corrected chi connectivity index (χ0v) is 15.7. The maximum atomic E-state index is 13.0. The van der Waals surface area contributed by atoms with Gasteiger partial charge in [0, 0.05) is 12.6 Å². The topological polar surface area (TPSA) is 84.6 Å². The van der Waals surface area contributed by atoms with Gasteiger partial charge in [0.15, 0.2) is 11.5 Å². The summed E-state index contributed by atoms with van der Waals surface area (Å²) in [5.74, 6) is -0.452. The molecule has 0 fully saturated rings. The van der Waals surface area contributed by atoms with Crippen LogP contribution in [-0.4, -0.2) is 30.7 Å². The van der Waals surface area contributed by atoms with Gasteiger partial charge >= 0.3 is 0 Å². The second kappa shape index (κ2) is 9.92.